The molecule has 0 saturated heterocycles. The predicted octanol–water partition coefficient (Wildman–Crippen LogP) is 3.58. The fourth-order valence-electron chi connectivity index (χ4n) is 3.10. The van der Waals surface area contributed by atoms with Gasteiger partial charge >= 0.3 is 5.97 Å². The minimum atomic E-state index is -0.381. The summed E-state index contributed by atoms with van der Waals surface area (Å²) in [6.07, 6.45) is 1.63. The molecule has 27 heavy (non-hydrogen) atoms. The number of esters is 1. The van der Waals surface area contributed by atoms with Gasteiger partial charge in [0.2, 0.25) is 0 Å². The van der Waals surface area contributed by atoms with E-state index >= 15 is 0 Å². The first-order valence-corrected chi connectivity index (χ1v) is 9.32. The van der Waals surface area contributed by atoms with E-state index in [9.17, 15) is 9.59 Å². The molecule has 1 aromatic heterocycles. The summed E-state index contributed by atoms with van der Waals surface area (Å²) in [6, 6.07) is 8.05. The zero-order valence-electron chi connectivity index (χ0n) is 17.0. The monoisotopic (exact) mass is 371 g/mol. The summed E-state index contributed by atoms with van der Waals surface area (Å²) < 4.78 is 6.61. The molecule has 1 atom stereocenters. The summed E-state index contributed by atoms with van der Waals surface area (Å²) in [4.78, 5) is 26.6. The Labute approximate surface area is 161 Å². The van der Waals surface area contributed by atoms with E-state index in [0.717, 1.165) is 11.4 Å². The van der Waals surface area contributed by atoms with Gasteiger partial charge in [0, 0.05) is 13.1 Å². The number of rotatable bonds is 7. The highest BCUT2D eigenvalue weighted by Crippen LogP contribution is 2.25. The van der Waals surface area contributed by atoms with Crippen molar-refractivity contribution >= 4 is 11.9 Å². The third-order valence-corrected chi connectivity index (χ3v) is 4.63. The van der Waals surface area contributed by atoms with Crippen molar-refractivity contribution < 1.29 is 14.3 Å². The maximum atomic E-state index is 13.2. The van der Waals surface area contributed by atoms with Gasteiger partial charge in [0.05, 0.1) is 36.2 Å². The van der Waals surface area contributed by atoms with E-state index in [4.69, 9.17) is 4.74 Å². The molecule has 0 aliphatic carbocycles. The number of hydrogen-bond acceptors (Lipinski definition) is 4. The molecule has 1 heterocycles. The summed E-state index contributed by atoms with van der Waals surface area (Å²) in [5.41, 5.74) is 3.54. The van der Waals surface area contributed by atoms with Gasteiger partial charge in [0.1, 0.15) is 0 Å². The van der Waals surface area contributed by atoms with Crippen LogP contribution in [0.1, 0.15) is 55.2 Å². The summed E-state index contributed by atoms with van der Waals surface area (Å²) in [5, 5.41) is 4.48. The highest BCUT2D eigenvalue weighted by molar-refractivity contribution is 5.95. The molecule has 0 bridgehead atoms. The van der Waals surface area contributed by atoms with Crippen LogP contribution >= 0.6 is 0 Å². The molecule has 146 valence electrons. The van der Waals surface area contributed by atoms with Crippen LogP contribution in [0.3, 0.4) is 0 Å². The lowest BCUT2D eigenvalue weighted by atomic mass is 10.0. The second-order valence-corrected chi connectivity index (χ2v) is 7.11. The molecule has 1 aromatic carbocycles. The lowest BCUT2D eigenvalue weighted by Gasteiger charge is -2.24. The molecule has 1 amide bonds. The van der Waals surface area contributed by atoms with E-state index in [1.807, 2.05) is 56.6 Å². The Morgan fingerprint density at radius 3 is 2.33 bits per heavy atom. The molecular weight excluding hydrogens is 342 g/mol. The molecule has 1 unspecified atom stereocenters. The lowest BCUT2D eigenvalue weighted by molar-refractivity contribution is -0.145. The van der Waals surface area contributed by atoms with E-state index in [0.29, 0.717) is 18.7 Å². The normalized spacial score (nSPS) is 12.1. The van der Waals surface area contributed by atoms with Gasteiger partial charge in [-0.05, 0) is 31.9 Å². The Bertz CT molecular complexity index is 794. The van der Waals surface area contributed by atoms with Crippen LogP contribution in [0.25, 0.3) is 5.69 Å². The van der Waals surface area contributed by atoms with Crippen LogP contribution in [0.4, 0.5) is 0 Å². The summed E-state index contributed by atoms with van der Waals surface area (Å²) in [7, 11) is 1.36. The first kappa shape index (κ1) is 20.7. The largest absolute Gasteiger partial charge is 0.469 e. The Kier molecular flexibility index (Phi) is 6.77. The summed E-state index contributed by atoms with van der Waals surface area (Å²) in [6.45, 7) is 10.6. The predicted molar refractivity (Wildman–Crippen MR) is 105 cm³/mol. The van der Waals surface area contributed by atoms with Gasteiger partial charge in [-0.3, -0.25) is 9.59 Å². The highest BCUT2D eigenvalue weighted by Gasteiger charge is 2.26. The van der Waals surface area contributed by atoms with Gasteiger partial charge in [-0.2, -0.15) is 5.10 Å². The maximum absolute atomic E-state index is 13.2. The van der Waals surface area contributed by atoms with E-state index in [1.54, 1.807) is 18.0 Å². The molecule has 0 aliphatic heterocycles. The summed E-state index contributed by atoms with van der Waals surface area (Å²) in [5.74, 6) is -0.700. The number of carbonyl (C=O) groups excluding carboxylic acids is 2. The fraction of sp³-hybridized carbons (Fsp3) is 0.476. The average molecular weight is 371 g/mol. The van der Waals surface area contributed by atoms with E-state index in [1.165, 1.54) is 12.7 Å². The molecule has 0 aliphatic rings. The highest BCUT2D eigenvalue weighted by atomic mass is 16.5. The molecule has 6 heteroatoms. The van der Waals surface area contributed by atoms with E-state index < -0.39 is 0 Å². The first-order valence-electron chi connectivity index (χ1n) is 9.32. The van der Waals surface area contributed by atoms with Crippen LogP contribution in [0.15, 0.2) is 30.5 Å². The lowest BCUT2D eigenvalue weighted by Crippen LogP contribution is -2.37. The first-order chi connectivity index (χ1) is 12.8. The van der Waals surface area contributed by atoms with Gasteiger partial charge in [-0.1, -0.05) is 38.5 Å². The zero-order valence-corrected chi connectivity index (χ0v) is 17.0. The number of aryl methyl sites for hydroxylation is 1. The quantitative estimate of drug-likeness (QED) is 0.698. The molecule has 0 saturated carbocycles. The van der Waals surface area contributed by atoms with Crippen molar-refractivity contribution in [3.05, 3.63) is 47.3 Å². The molecule has 0 N–H and O–H groups in total. The minimum absolute atomic E-state index is 0.115. The van der Waals surface area contributed by atoms with Crippen LogP contribution in [-0.4, -0.2) is 46.8 Å². The number of carbonyl (C=O) groups is 2. The van der Waals surface area contributed by atoms with Crippen molar-refractivity contribution in [1.29, 1.82) is 0 Å². The molecule has 0 spiro atoms. The maximum Gasteiger partial charge on any atom is 0.310 e. The number of benzene rings is 1. The van der Waals surface area contributed by atoms with Crippen molar-refractivity contribution in [3.63, 3.8) is 0 Å². The van der Waals surface area contributed by atoms with Crippen LogP contribution < -0.4 is 0 Å². The van der Waals surface area contributed by atoms with Crippen molar-refractivity contribution in [2.24, 2.45) is 5.92 Å². The van der Waals surface area contributed by atoms with Crippen molar-refractivity contribution in [2.45, 2.75) is 40.5 Å². The smallest absolute Gasteiger partial charge is 0.310 e. The van der Waals surface area contributed by atoms with Gasteiger partial charge in [0.25, 0.3) is 5.91 Å². The van der Waals surface area contributed by atoms with Crippen LogP contribution in [0, 0.1) is 12.8 Å². The number of methoxy groups -OCH3 is 1. The topological polar surface area (TPSA) is 64.4 Å². The number of ether oxygens (including phenoxy) is 1. The average Bonchev–Trinajstić information content (AvgIpc) is 3.10. The third kappa shape index (κ3) is 4.56. The second-order valence-electron chi connectivity index (χ2n) is 7.11. The third-order valence-electron chi connectivity index (χ3n) is 4.63. The van der Waals surface area contributed by atoms with Crippen molar-refractivity contribution in [1.82, 2.24) is 14.7 Å². The number of aromatic nitrogens is 2. The Balaban J connectivity index is 2.37. The molecular formula is C21H29N3O3. The van der Waals surface area contributed by atoms with Gasteiger partial charge in [-0.25, -0.2) is 4.68 Å². The molecule has 2 rings (SSSR count). The molecule has 2 aromatic rings. The van der Waals surface area contributed by atoms with Crippen LogP contribution in [-0.2, 0) is 9.53 Å². The van der Waals surface area contributed by atoms with Crippen LogP contribution in [0.5, 0.6) is 0 Å². The van der Waals surface area contributed by atoms with Crippen molar-refractivity contribution in [3.8, 4) is 5.69 Å². The number of nitrogens with zero attached hydrogens (tertiary/aromatic N) is 3. The fourth-order valence-corrected chi connectivity index (χ4v) is 3.10. The molecule has 6 nitrogen and oxygen atoms in total. The van der Waals surface area contributed by atoms with Gasteiger partial charge in [0.15, 0.2) is 0 Å². The standard InChI is InChI=1S/C21H29N3O3/c1-7-23(13-16(5)21(26)27-6)20(25)18-12-22-24(19(18)14(2)3)17-10-8-15(4)9-11-17/h8-12,14,16H,7,13H2,1-6H3. The number of amides is 1. The minimum Gasteiger partial charge on any atom is -0.469 e. The Hall–Kier alpha value is -2.63. The molecule has 0 fully saturated rings. The SMILES string of the molecule is CCN(CC(C)C(=O)OC)C(=O)c1cnn(-c2ccc(C)cc2)c1C(C)C. The Morgan fingerprint density at radius 1 is 1.19 bits per heavy atom. The van der Waals surface area contributed by atoms with Crippen molar-refractivity contribution in [2.75, 3.05) is 20.2 Å². The second kappa shape index (κ2) is 8.84. The zero-order chi connectivity index (χ0) is 20.1. The summed E-state index contributed by atoms with van der Waals surface area (Å²) >= 11 is 0. The molecule has 0 radical (unpaired) electrons. The van der Waals surface area contributed by atoms with Gasteiger partial charge in [-0.15, -0.1) is 0 Å². The van der Waals surface area contributed by atoms with E-state index in [-0.39, 0.29) is 23.7 Å². The Morgan fingerprint density at radius 2 is 1.81 bits per heavy atom. The number of hydrogen-bond donors (Lipinski definition) is 0. The van der Waals surface area contributed by atoms with Crippen LogP contribution in [0.2, 0.25) is 0 Å². The van der Waals surface area contributed by atoms with E-state index in [2.05, 4.69) is 5.10 Å². The van der Waals surface area contributed by atoms with Gasteiger partial charge < -0.3 is 9.64 Å².